The van der Waals surface area contributed by atoms with Gasteiger partial charge in [0, 0.05) is 6.42 Å². The van der Waals surface area contributed by atoms with Gasteiger partial charge in [-0.05, 0) is 6.42 Å². The number of carbonyl (C=O) groups excluding carboxylic acids is 1. The summed E-state index contributed by atoms with van der Waals surface area (Å²) in [4.78, 5) is 21.2. The van der Waals surface area contributed by atoms with Crippen molar-refractivity contribution in [1.82, 2.24) is 5.32 Å². The van der Waals surface area contributed by atoms with Gasteiger partial charge < -0.3 is 15.5 Å². The van der Waals surface area contributed by atoms with E-state index in [1.54, 1.807) is 0 Å². The summed E-state index contributed by atoms with van der Waals surface area (Å²) in [6.45, 7) is 1.81. The number of rotatable bonds is 7. The fourth-order valence-corrected chi connectivity index (χ4v) is 0.922. The molecule has 0 saturated carbocycles. The summed E-state index contributed by atoms with van der Waals surface area (Å²) in [7, 11) is 0. The highest BCUT2D eigenvalue weighted by atomic mass is 16.4. The lowest BCUT2D eigenvalue weighted by Gasteiger charge is -2.07. The van der Waals surface area contributed by atoms with Gasteiger partial charge in [-0.2, -0.15) is 0 Å². The maximum Gasteiger partial charge on any atom is 0.334 e. The first-order valence-corrected chi connectivity index (χ1v) is 4.75. The van der Waals surface area contributed by atoms with Crippen molar-refractivity contribution in [1.29, 1.82) is 0 Å². The molecular weight excluding hydrogens is 186 g/mol. The first-order chi connectivity index (χ1) is 6.57. The minimum atomic E-state index is -1.51. The molecule has 0 heterocycles. The average molecular weight is 203 g/mol. The number of aliphatic hydroxyl groups excluding tert-OH is 1. The van der Waals surface area contributed by atoms with Crippen LogP contribution in [0.25, 0.3) is 0 Å². The molecule has 0 aliphatic heterocycles. The molecule has 3 N–H and O–H groups in total. The molecule has 0 aromatic carbocycles. The quantitative estimate of drug-likeness (QED) is 0.513. The molecule has 82 valence electrons. The van der Waals surface area contributed by atoms with Crippen LogP contribution in [0.5, 0.6) is 0 Å². The second-order valence-electron chi connectivity index (χ2n) is 3.12. The Morgan fingerprint density at radius 3 is 2.50 bits per heavy atom. The molecule has 1 atom stereocenters. The van der Waals surface area contributed by atoms with Gasteiger partial charge in [-0.1, -0.05) is 19.8 Å². The van der Waals surface area contributed by atoms with Gasteiger partial charge >= 0.3 is 5.97 Å². The van der Waals surface area contributed by atoms with Crippen LogP contribution in [-0.2, 0) is 9.59 Å². The minimum Gasteiger partial charge on any atom is -0.479 e. The first kappa shape index (κ1) is 12.9. The van der Waals surface area contributed by atoms with Crippen LogP contribution in [0.1, 0.15) is 32.6 Å². The van der Waals surface area contributed by atoms with E-state index in [9.17, 15) is 9.59 Å². The molecule has 0 rings (SSSR count). The highest BCUT2D eigenvalue weighted by Gasteiger charge is 2.13. The number of hydrogen-bond acceptors (Lipinski definition) is 3. The van der Waals surface area contributed by atoms with Crippen LogP contribution in [0, 0.1) is 0 Å². The smallest absolute Gasteiger partial charge is 0.334 e. The molecule has 0 radical (unpaired) electrons. The average Bonchev–Trinajstić information content (AvgIpc) is 2.14. The fraction of sp³-hybridized carbons (Fsp3) is 0.778. The molecule has 0 bridgehead atoms. The minimum absolute atomic E-state index is 0.209. The Kier molecular flexibility index (Phi) is 6.74. The van der Waals surface area contributed by atoms with Crippen LogP contribution in [0.15, 0.2) is 0 Å². The Bertz CT molecular complexity index is 193. The third-order valence-electron chi connectivity index (χ3n) is 1.79. The van der Waals surface area contributed by atoms with Gasteiger partial charge in [0.1, 0.15) is 0 Å². The largest absolute Gasteiger partial charge is 0.479 e. The molecule has 0 fully saturated rings. The Hall–Kier alpha value is -1.10. The van der Waals surface area contributed by atoms with Gasteiger partial charge in [-0.15, -0.1) is 0 Å². The summed E-state index contributed by atoms with van der Waals surface area (Å²) in [6, 6.07) is 0. The Morgan fingerprint density at radius 1 is 1.36 bits per heavy atom. The normalized spacial score (nSPS) is 12.1. The van der Waals surface area contributed by atoms with E-state index in [1.807, 2.05) is 6.92 Å². The van der Waals surface area contributed by atoms with Gasteiger partial charge in [-0.3, -0.25) is 4.79 Å². The van der Waals surface area contributed by atoms with Crippen molar-refractivity contribution >= 4 is 11.9 Å². The van der Waals surface area contributed by atoms with Gasteiger partial charge in [-0.25, -0.2) is 4.79 Å². The van der Waals surface area contributed by atoms with E-state index in [0.29, 0.717) is 6.42 Å². The van der Waals surface area contributed by atoms with Crippen molar-refractivity contribution in [2.24, 2.45) is 0 Å². The zero-order valence-corrected chi connectivity index (χ0v) is 8.32. The molecule has 0 unspecified atom stereocenters. The molecule has 5 nitrogen and oxygen atoms in total. The molecular formula is C9H17NO4. The molecule has 0 aromatic rings. The van der Waals surface area contributed by atoms with E-state index in [0.717, 1.165) is 19.3 Å². The van der Waals surface area contributed by atoms with Crippen LogP contribution < -0.4 is 5.32 Å². The number of aliphatic hydroxyl groups is 1. The number of aliphatic carboxylic acids is 1. The molecule has 0 saturated heterocycles. The van der Waals surface area contributed by atoms with E-state index in [1.165, 1.54) is 0 Å². The first-order valence-electron chi connectivity index (χ1n) is 4.75. The third-order valence-corrected chi connectivity index (χ3v) is 1.79. The lowest BCUT2D eigenvalue weighted by atomic mass is 10.2. The summed E-state index contributed by atoms with van der Waals surface area (Å²) in [5.74, 6) is -1.53. The van der Waals surface area contributed by atoms with E-state index in [4.69, 9.17) is 10.2 Å². The maximum absolute atomic E-state index is 11.0. The van der Waals surface area contributed by atoms with E-state index >= 15 is 0 Å². The molecule has 0 spiro atoms. The topological polar surface area (TPSA) is 86.6 Å². The van der Waals surface area contributed by atoms with E-state index < -0.39 is 12.1 Å². The summed E-state index contributed by atoms with van der Waals surface area (Å²) in [5, 5.41) is 19.5. The maximum atomic E-state index is 11.0. The third kappa shape index (κ3) is 6.42. The van der Waals surface area contributed by atoms with Crippen LogP contribution >= 0.6 is 0 Å². The van der Waals surface area contributed by atoms with Crippen molar-refractivity contribution in [3.05, 3.63) is 0 Å². The van der Waals surface area contributed by atoms with Crippen molar-refractivity contribution in [2.45, 2.75) is 38.7 Å². The molecule has 1 amide bonds. The SMILES string of the molecule is CCCCCC(=O)NC[C@H](O)C(=O)O. The number of carboxylic acid groups (broad SMARTS) is 1. The van der Waals surface area contributed by atoms with Crippen LogP contribution in [0.3, 0.4) is 0 Å². The van der Waals surface area contributed by atoms with Crippen LogP contribution in [0.4, 0.5) is 0 Å². The van der Waals surface area contributed by atoms with Crippen molar-refractivity contribution in [3.8, 4) is 0 Å². The predicted molar refractivity (Wildman–Crippen MR) is 50.8 cm³/mol. The number of unbranched alkanes of at least 4 members (excludes halogenated alkanes) is 2. The van der Waals surface area contributed by atoms with Gasteiger partial charge in [0.2, 0.25) is 5.91 Å². The lowest BCUT2D eigenvalue weighted by Crippen LogP contribution is -2.36. The Morgan fingerprint density at radius 2 is 2.00 bits per heavy atom. The van der Waals surface area contributed by atoms with E-state index in [2.05, 4.69) is 5.32 Å². The second-order valence-corrected chi connectivity index (χ2v) is 3.12. The van der Waals surface area contributed by atoms with Crippen molar-refractivity contribution in [3.63, 3.8) is 0 Å². The van der Waals surface area contributed by atoms with E-state index in [-0.39, 0.29) is 12.5 Å². The van der Waals surface area contributed by atoms with Gasteiger partial charge in [0.25, 0.3) is 0 Å². The monoisotopic (exact) mass is 203 g/mol. The van der Waals surface area contributed by atoms with Crippen molar-refractivity contribution in [2.75, 3.05) is 6.54 Å². The number of carboxylic acids is 1. The Balaban J connectivity index is 3.48. The molecule has 5 heteroatoms. The number of amides is 1. The fourth-order valence-electron chi connectivity index (χ4n) is 0.922. The summed E-state index contributed by atoms with van der Waals surface area (Å²) in [5.41, 5.74) is 0. The highest BCUT2D eigenvalue weighted by molar-refractivity contribution is 5.77. The summed E-state index contributed by atoms with van der Waals surface area (Å²) < 4.78 is 0. The number of nitrogens with one attached hydrogen (secondary N) is 1. The summed E-state index contributed by atoms with van der Waals surface area (Å²) >= 11 is 0. The van der Waals surface area contributed by atoms with Gasteiger partial charge in [0.05, 0.1) is 6.54 Å². The van der Waals surface area contributed by atoms with Gasteiger partial charge in [0.15, 0.2) is 6.10 Å². The second kappa shape index (κ2) is 7.32. The molecule has 0 aromatic heterocycles. The molecule has 0 aliphatic carbocycles. The Labute approximate surface area is 83.1 Å². The van der Waals surface area contributed by atoms with Crippen LogP contribution in [-0.4, -0.2) is 34.7 Å². The standard InChI is InChI=1S/C9H17NO4/c1-2-3-4-5-8(12)10-6-7(11)9(13)14/h7,11H,2-6H2,1H3,(H,10,12)(H,13,14)/t7-/m0/s1. The summed E-state index contributed by atoms with van der Waals surface area (Å²) in [6.07, 6.45) is 1.69. The van der Waals surface area contributed by atoms with Crippen molar-refractivity contribution < 1.29 is 19.8 Å². The lowest BCUT2D eigenvalue weighted by molar-refractivity contribution is -0.146. The molecule has 0 aliphatic rings. The number of carbonyl (C=O) groups is 2. The van der Waals surface area contributed by atoms with Crippen LogP contribution in [0.2, 0.25) is 0 Å². The number of hydrogen-bond donors (Lipinski definition) is 3. The predicted octanol–water partition coefficient (Wildman–Crippen LogP) is 0.128. The zero-order chi connectivity index (χ0) is 11.0. The molecule has 14 heavy (non-hydrogen) atoms. The zero-order valence-electron chi connectivity index (χ0n) is 8.32. The highest BCUT2D eigenvalue weighted by Crippen LogP contribution is 1.98.